The third-order valence-electron chi connectivity index (χ3n) is 10.0. The number of urea groups is 1. The third kappa shape index (κ3) is 6.07. The summed E-state index contributed by atoms with van der Waals surface area (Å²) in [5.41, 5.74) is -0.0661. The molecule has 4 saturated carbocycles. The predicted octanol–water partition coefficient (Wildman–Crippen LogP) is 6.50. The maximum atomic E-state index is 14.5. The second-order valence-electron chi connectivity index (χ2n) is 14.3. The molecule has 4 aliphatic rings. The van der Waals surface area contributed by atoms with E-state index in [-0.39, 0.29) is 29.3 Å². The average Bonchev–Trinajstić information content (AvgIpc) is 3.48. The number of hydrogen-bond acceptors (Lipinski definition) is 6. The maximum Gasteiger partial charge on any atom is 0.321 e. The Morgan fingerprint density at radius 3 is 2.19 bits per heavy atom. The van der Waals surface area contributed by atoms with E-state index in [0.717, 1.165) is 60.9 Å². The van der Waals surface area contributed by atoms with Crippen molar-refractivity contribution in [2.24, 2.45) is 5.41 Å². The first-order valence-electron chi connectivity index (χ1n) is 15.4. The molecule has 9 heteroatoms. The molecule has 7 rings (SSSR count). The van der Waals surface area contributed by atoms with E-state index in [1.165, 1.54) is 13.8 Å². The molecule has 0 radical (unpaired) electrons. The highest BCUT2D eigenvalue weighted by molar-refractivity contribution is 5.93. The summed E-state index contributed by atoms with van der Waals surface area (Å²) in [6.45, 7) is 7.18. The lowest BCUT2D eigenvalue weighted by atomic mass is 9.53. The van der Waals surface area contributed by atoms with E-state index in [1.807, 2.05) is 53.4 Å². The molecule has 230 valence electrons. The number of rotatable bonds is 9. The van der Waals surface area contributed by atoms with Gasteiger partial charge in [-0.2, -0.15) is 4.98 Å². The number of anilines is 1. The van der Waals surface area contributed by atoms with Crippen molar-refractivity contribution in [3.8, 4) is 11.1 Å². The Bertz CT molecular complexity index is 1460. The Kier molecular flexibility index (Phi) is 7.20. The SMILES string of the molecule is CC(C)(O)c1ccc(-c2cccc(N(CC34CCC(c5noc(C(C)(C)F)n5)(CC3)CC4)C(=O)NCC3(O)CC3)c2)cc1. The fourth-order valence-corrected chi connectivity index (χ4v) is 6.71. The monoisotopic (exact) mass is 590 g/mol. The summed E-state index contributed by atoms with van der Waals surface area (Å²) in [5.74, 6) is 0.631. The van der Waals surface area contributed by atoms with Gasteiger partial charge in [0.25, 0.3) is 5.89 Å². The first kappa shape index (κ1) is 29.8. The molecule has 2 amide bonds. The summed E-state index contributed by atoms with van der Waals surface area (Å²) in [5, 5.41) is 28.0. The summed E-state index contributed by atoms with van der Waals surface area (Å²) in [6, 6.07) is 15.6. The minimum absolute atomic E-state index is 0.0223. The maximum absolute atomic E-state index is 14.5. The van der Waals surface area contributed by atoms with Crippen LogP contribution in [0.25, 0.3) is 11.1 Å². The molecule has 1 heterocycles. The molecule has 1 aromatic heterocycles. The van der Waals surface area contributed by atoms with Crippen LogP contribution < -0.4 is 10.2 Å². The molecular formula is C34H43FN4O4. The second kappa shape index (κ2) is 10.4. The lowest BCUT2D eigenvalue weighted by Crippen LogP contribution is -2.53. The number of amides is 2. The van der Waals surface area contributed by atoms with Gasteiger partial charge < -0.3 is 20.1 Å². The molecule has 0 saturated heterocycles. The molecule has 43 heavy (non-hydrogen) atoms. The molecule has 0 aliphatic heterocycles. The first-order valence-corrected chi connectivity index (χ1v) is 15.4. The van der Waals surface area contributed by atoms with Gasteiger partial charge in [-0.25, -0.2) is 9.18 Å². The van der Waals surface area contributed by atoms with Gasteiger partial charge >= 0.3 is 6.03 Å². The van der Waals surface area contributed by atoms with E-state index in [2.05, 4.69) is 15.5 Å². The van der Waals surface area contributed by atoms with Gasteiger partial charge in [0.2, 0.25) is 0 Å². The van der Waals surface area contributed by atoms with Crippen LogP contribution in [0.1, 0.15) is 96.3 Å². The second-order valence-corrected chi connectivity index (χ2v) is 14.3. The van der Waals surface area contributed by atoms with Gasteiger partial charge in [0.05, 0.1) is 11.2 Å². The minimum Gasteiger partial charge on any atom is -0.388 e. The van der Waals surface area contributed by atoms with Gasteiger partial charge in [-0.05, 0) is 113 Å². The Labute approximate surface area is 252 Å². The molecule has 0 spiro atoms. The van der Waals surface area contributed by atoms with Crippen LogP contribution in [0.3, 0.4) is 0 Å². The zero-order valence-electron chi connectivity index (χ0n) is 25.6. The number of nitrogens with one attached hydrogen (secondary N) is 1. The lowest BCUT2D eigenvalue weighted by molar-refractivity contribution is 0.0406. The van der Waals surface area contributed by atoms with E-state index in [4.69, 9.17) is 4.52 Å². The van der Waals surface area contributed by atoms with E-state index in [1.54, 1.807) is 13.8 Å². The van der Waals surface area contributed by atoms with Gasteiger partial charge in [0.1, 0.15) is 0 Å². The summed E-state index contributed by atoms with van der Waals surface area (Å²) in [6.07, 6.45) is 6.70. The van der Waals surface area contributed by atoms with E-state index in [0.29, 0.717) is 25.2 Å². The molecule has 4 fully saturated rings. The average molecular weight is 591 g/mol. The van der Waals surface area contributed by atoms with Crippen LogP contribution in [0, 0.1) is 5.41 Å². The quantitative estimate of drug-likeness (QED) is 0.262. The van der Waals surface area contributed by atoms with E-state index < -0.39 is 16.9 Å². The molecule has 3 N–H and O–H groups in total. The Balaban J connectivity index is 1.24. The van der Waals surface area contributed by atoms with Crippen molar-refractivity contribution < 1.29 is 23.9 Å². The number of carbonyl (C=O) groups is 1. The van der Waals surface area contributed by atoms with Crippen molar-refractivity contribution >= 4 is 11.7 Å². The molecule has 0 atom stereocenters. The number of nitrogens with zero attached hydrogens (tertiary/aromatic N) is 3. The standard InChI is InChI=1S/C34H43FN4O4/c1-30(2,35)28-37-27(38-43-28)33-15-12-32(13-16-33,14-17-33)22-39(29(40)36-21-34(42)18-19-34)26-7-5-6-24(20-26)23-8-10-25(11-9-23)31(3,4)41/h5-11,20,41-42H,12-19,21-22H2,1-4H3,(H,36,40). The fourth-order valence-electron chi connectivity index (χ4n) is 6.71. The number of aliphatic hydroxyl groups is 2. The van der Waals surface area contributed by atoms with Crippen molar-refractivity contribution in [1.29, 1.82) is 0 Å². The fraction of sp³-hybridized carbons (Fsp3) is 0.559. The molecule has 2 aromatic carbocycles. The first-order chi connectivity index (χ1) is 20.2. The highest BCUT2D eigenvalue weighted by atomic mass is 19.1. The van der Waals surface area contributed by atoms with E-state index in [9.17, 15) is 19.4 Å². The lowest BCUT2D eigenvalue weighted by Gasteiger charge is -2.53. The van der Waals surface area contributed by atoms with Gasteiger partial charge in [-0.1, -0.05) is 41.6 Å². The molecule has 4 aliphatic carbocycles. The zero-order chi connectivity index (χ0) is 30.7. The molecule has 3 aromatic rings. The van der Waals surface area contributed by atoms with Gasteiger partial charge in [-0.15, -0.1) is 0 Å². The number of aromatic nitrogens is 2. The summed E-state index contributed by atoms with van der Waals surface area (Å²) >= 11 is 0. The number of hydrogen-bond donors (Lipinski definition) is 3. The van der Waals surface area contributed by atoms with Crippen LogP contribution in [-0.2, 0) is 16.7 Å². The Morgan fingerprint density at radius 1 is 0.977 bits per heavy atom. The Morgan fingerprint density at radius 2 is 1.63 bits per heavy atom. The van der Waals surface area contributed by atoms with Gasteiger partial charge in [-0.3, -0.25) is 4.90 Å². The van der Waals surface area contributed by atoms with E-state index >= 15 is 0 Å². The molecule has 8 nitrogen and oxygen atoms in total. The Hall–Kier alpha value is -3.30. The van der Waals surface area contributed by atoms with Gasteiger partial charge in [0, 0.05) is 24.2 Å². The number of benzene rings is 2. The predicted molar refractivity (Wildman–Crippen MR) is 162 cm³/mol. The number of halogens is 1. The third-order valence-corrected chi connectivity index (χ3v) is 10.0. The number of carbonyl (C=O) groups excluding carboxylic acids is 1. The van der Waals surface area contributed by atoms with Crippen LogP contribution in [0.4, 0.5) is 14.9 Å². The van der Waals surface area contributed by atoms with Crippen molar-refractivity contribution in [2.45, 2.75) is 101 Å². The topological polar surface area (TPSA) is 112 Å². The molecule has 0 unspecified atom stereocenters. The van der Waals surface area contributed by atoms with Crippen molar-refractivity contribution in [1.82, 2.24) is 15.5 Å². The van der Waals surface area contributed by atoms with Crippen LogP contribution in [-0.4, -0.2) is 45.1 Å². The largest absolute Gasteiger partial charge is 0.388 e. The van der Waals surface area contributed by atoms with Crippen LogP contribution in [0.15, 0.2) is 53.1 Å². The van der Waals surface area contributed by atoms with Gasteiger partial charge in [0.15, 0.2) is 11.5 Å². The summed E-state index contributed by atoms with van der Waals surface area (Å²) < 4.78 is 19.8. The number of alkyl halides is 1. The van der Waals surface area contributed by atoms with Crippen LogP contribution >= 0.6 is 0 Å². The summed E-state index contributed by atoms with van der Waals surface area (Å²) in [4.78, 5) is 20.1. The van der Waals surface area contributed by atoms with Crippen molar-refractivity contribution in [3.05, 3.63) is 65.8 Å². The normalized spacial score (nSPS) is 24.5. The van der Waals surface area contributed by atoms with Crippen LogP contribution in [0.5, 0.6) is 0 Å². The van der Waals surface area contributed by atoms with Crippen LogP contribution in [0.2, 0.25) is 0 Å². The highest BCUT2D eigenvalue weighted by Crippen LogP contribution is 2.57. The summed E-state index contributed by atoms with van der Waals surface area (Å²) in [7, 11) is 0. The minimum atomic E-state index is -1.68. The molecule has 2 bridgehead atoms. The number of fused-ring (bicyclic) bond motifs is 3. The molecular weight excluding hydrogens is 547 g/mol. The van der Waals surface area contributed by atoms with Crippen molar-refractivity contribution in [3.63, 3.8) is 0 Å². The highest BCUT2D eigenvalue weighted by Gasteiger charge is 2.53. The smallest absolute Gasteiger partial charge is 0.321 e. The van der Waals surface area contributed by atoms with Crippen molar-refractivity contribution in [2.75, 3.05) is 18.0 Å². The zero-order valence-corrected chi connectivity index (χ0v) is 25.6.